The van der Waals surface area contributed by atoms with E-state index >= 15 is 0 Å². The van der Waals surface area contributed by atoms with Crippen molar-refractivity contribution in [3.05, 3.63) is 53.4 Å². The molecule has 120 valence electrons. The summed E-state index contributed by atoms with van der Waals surface area (Å²) in [5.41, 5.74) is 8.48. The number of nitrogens with one attached hydrogen (secondary N) is 1. The summed E-state index contributed by atoms with van der Waals surface area (Å²) in [7, 11) is 1.97. The topological polar surface area (TPSA) is 70.8 Å². The number of aryl methyl sites for hydroxylation is 1. The summed E-state index contributed by atoms with van der Waals surface area (Å²) in [6.07, 6.45) is 0.732. The lowest BCUT2D eigenvalue weighted by atomic mass is 10.2. The highest BCUT2D eigenvalue weighted by atomic mass is 19.1. The molecule has 3 rings (SSSR count). The normalized spacial score (nSPS) is 11.1. The summed E-state index contributed by atoms with van der Waals surface area (Å²) in [6.45, 7) is 3.09. The molecule has 0 amide bonds. The van der Waals surface area contributed by atoms with Crippen molar-refractivity contribution in [2.45, 2.75) is 19.9 Å². The zero-order chi connectivity index (χ0) is 16.4. The number of fused-ring (bicyclic) bond motifs is 1. The first-order valence-corrected chi connectivity index (χ1v) is 7.58. The van der Waals surface area contributed by atoms with Crippen LogP contribution >= 0.6 is 0 Å². The van der Waals surface area contributed by atoms with Gasteiger partial charge >= 0.3 is 0 Å². The minimum atomic E-state index is -0.228. The molecule has 23 heavy (non-hydrogen) atoms. The van der Waals surface area contributed by atoms with Crippen LogP contribution in [0.25, 0.3) is 10.9 Å². The highest BCUT2D eigenvalue weighted by Crippen LogP contribution is 2.19. The Morgan fingerprint density at radius 1 is 1.22 bits per heavy atom. The van der Waals surface area contributed by atoms with E-state index in [9.17, 15) is 4.39 Å². The number of aromatic amines is 1. The Balaban J connectivity index is 1.83. The van der Waals surface area contributed by atoms with Crippen LogP contribution in [-0.2, 0) is 13.0 Å². The number of aromatic nitrogens is 3. The predicted molar refractivity (Wildman–Crippen MR) is 89.9 cm³/mol. The summed E-state index contributed by atoms with van der Waals surface area (Å²) in [5, 5.41) is 0.871. The molecule has 6 heteroatoms. The third-order valence-electron chi connectivity index (χ3n) is 3.72. The molecule has 2 heterocycles. The fourth-order valence-electron chi connectivity index (χ4n) is 2.67. The smallest absolute Gasteiger partial charge is 0.132 e. The number of hydrogen-bond donors (Lipinski definition) is 2. The van der Waals surface area contributed by atoms with E-state index in [4.69, 9.17) is 5.73 Å². The van der Waals surface area contributed by atoms with Crippen molar-refractivity contribution in [2.24, 2.45) is 5.73 Å². The number of anilines is 1. The molecule has 0 atom stereocenters. The molecule has 0 saturated carbocycles. The van der Waals surface area contributed by atoms with Gasteiger partial charge in [-0.1, -0.05) is 0 Å². The second-order valence-electron chi connectivity index (χ2n) is 5.69. The van der Waals surface area contributed by atoms with Crippen LogP contribution in [0, 0.1) is 12.7 Å². The van der Waals surface area contributed by atoms with Gasteiger partial charge in [-0.15, -0.1) is 0 Å². The Labute approximate surface area is 134 Å². The van der Waals surface area contributed by atoms with Crippen molar-refractivity contribution in [3.63, 3.8) is 0 Å². The average molecular weight is 313 g/mol. The summed E-state index contributed by atoms with van der Waals surface area (Å²) >= 11 is 0. The summed E-state index contributed by atoms with van der Waals surface area (Å²) in [6, 6.07) is 8.66. The molecular formula is C17H20FN5. The molecule has 0 saturated heterocycles. The van der Waals surface area contributed by atoms with Crippen molar-refractivity contribution < 1.29 is 4.39 Å². The molecule has 0 bridgehead atoms. The van der Waals surface area contributed by atoms with Crippen molar-refractivity contribution in [3.8, 4) is 0 Å². The zero-order valence-corrected chi connectivity index (χ0v) is 13.3. The Hall–Kier alpha value is -2.47. The number of nitrogens with zero attached hydrogens (tertiary/aromatic N) is 3. The Bertz CT molecular complexity index is 827. The third kappa shape index (κ3) is 3.48. The van der Waals surface area contributed by atoms with Crippen molar-refractivity contribution in [1.29, 1.82) is 0 Å². The van der Waals surface area contributed by atoms with Gasteiger partial charge in [0.05, 0.1) is 6.54 Å². The molecule has 0 unspecified atom stereocenters. The lowest BCUT2D eigenvalue weighted by molar-refractivity contribution is 0.630. The van der Waals surface area contributed by atoms with Crippen LogP contribution in [0.15, 0.2) is 30.3 Å². The van der Waals surface area contributed by atoms with Crippen LogP contribution in [0.3, 0.4) is 0 Å². The van der Waals surface area contributed by atoms with Crippen LogP contribution in [0.1, 0.15) is 17.2 Å². The van der Waals surface area contributed by atoms with Crippen molar-refractivity contribution in [2.75, 3.05) is 18.5 Å². The van der Waals surface area contributed by atoms with E-state index in [1.54, 1.807) is 6.07 Å². The number of nitrogens with two attached hydrogens (primary N) is 1. The molecule has 3 aromatic rings. The molecule has 0 spiro atoms. The van der Waals surface area contributed by atoms with Gasteiger partial charge in [-0.25, -0.2) is 14.4 Å². The first kappa shape index (κ1) is 15.4. The lowest BCUT2D eigenvalue weighted by Crippen LogP contribution is -2.19. The van der Waals surface area contributed by atoms with Crippen LogP contribution in [0.4, 0.5) is 10.2 Å². The number of H-pyrrole nitrogens is 1. The first-order chi connectivity index (χ1) is 11.0. The largest absolute Gasteiger partial charge is 0.357 e. The van der Waals surface area contributed by atoms with Crippen molar-refractivity contribution in [1.82, 2.24) is 15.0 Å². The summed E-state index contributed by atoms with van der Waals surface area (Å²) < 4.78 is 13.3. The van der Waals surface area contributed by atoms with Gasteiger partial charge in [0.25, 0.3) is 0 Å². The van der Waals surface area contributed by atoms with E-state index in [0.717, 1.165) is 40.4 Å². The lowest BCUT2D eigenvalue weighted by Gasteiger charge is -2.18. The van der Waals surface area contributed by atoms with Gasteiger partial charge in [0.15, 0.2) is 0 Å². The molecule has 5 nitrogen and oxygen atoms in total. The summed E-state index contributed by atoms with van der Waals surface area (Å²) in [4.78, 5) is 14.2. The number of benzene rings is 1. The zero-order valence-electron chi connectivity index (χ0n) is 13.3. The van der Waals surface area contributed by atoms with E-state index in [1.807, 2.05) is 31.0 Å². The second-order valence-corrected chi connectivity index (χ2v) is 5.69. The van der Waals surface area contributed by atoms with Crippen LogP contribution in [-0.4, -0.2) is 28.5 Å². The molecule has 0 aliphatic heterocycles. The molecule has 0 aliphatic rings. The number of halogens is 1. The maximum atomic E-state index is 13.3. The van der Waals surface area contributed by atoms with Crippen LogP contribution in [0.5, 0.6) is 0 Å². The highest BCUT2D eigenvalue weighted by Gasteiger charge is 2.09. The second kappa shape index (κ2) is 6.34. The monoisotopic (exact) mass is 313 g/mol. The van der Waals surface area contributed by atoms with Gasteiger partial charge in [-0.3, -0.25) is 0 Å². The minimum absolute atomic E-state index is 0.228. The number of rotatable bonds is 5. The Kier molecular flexibility index (Phi) is 4.25. The highest BCUT2D eigenvalue weighted by molar-refractivity contribution is 5.80. The molecule has 3 N–H and O–H groups in total. The van der Waals surface area contributed by atoms with Gasteiger partial charge in [0, 0.05) is 41.8 Å². The predicted octanol–water partition coefficient (Wildman–Crippen LogP) is 2.54. The van der Waals surface area contributed by atoms with Crippen molar-refractivity contribution >= 4 is 16.7 Å². The van der Waals surface area contributed by atoms with Gasteiger partial charge < -0.3 is 15.6 Å². The molecule has 1 aromatic carbocycles. The fraction of sp³-hybridized carbons (Fsp3) is 0.294. The SMILES string of the molecule is Cc1nc(CCN)cc(N(C)Cc2cc3cc(F)ccc3[nH]2)n1. The van der Waals surface area contributed by atoms with Crippen LogP contribution in [0.2, 0.25) is 0 Å². The molecule has 2 aromatic heterocycles. The first-order valence-electron chi connectivity index (χ1n) is 7.58. The quantitative estimate of drug-likeness (QED) is 0.759. The van der Waals surface area contributed by atoms with E-state index in [-0.39, 0.29) is 5.82 Å². The summed E-state index contributed by atoms with van der Waals surface area (Å²) in [5.74, 6) is 1.36. The van der Waals surface area contributed by atoms with Gasteiger partial charge in [0.2, 0.25) is 0 Å². The third-order valence-corrected chi connectivity index (χ3v) is 3.72. The standard InChI is InChI=1S/C17H20FN5/c1-11-20-14(5-6-19)9-17(21-11)23(2)10-15-8-12-7-13(18)3-4-16(12)22-15/h3-4,7-9,22H,5-6,10,19H2,1-2H3. The van der Waals surface area contributed by atoms with E-state index in [2.05, 4.69) is 15.0 Å². The van der Waals surface area contributed by atoms with Gasteiger partial charge in [-0.2, -0.15) is 0 Å². The van der Waals surface area contributed by atoms with Crippen LogP contribution < -0.4 is 10.6 Å². The fourth-order valence-corrected chi connectivity index (χ4v) is 2.67. The average Bonchev–Trinajstić information content (AvgIpc) is 2.88. The van der Waals surface area contributed by atoms with E-state index < -0.39 is 0 Å². The minimum Gasteiger partial charge on any atom is -0.357 e. The van der Waals surface area contributed by atoms with E-state index in [1.165, 1.54) is 12.1 Å². The Morgan fingerprint density at radius 3 is 2.83 bits per heavy atom. The molecular weight excluding hydrogens is 293 g/mol. The molecule has 0 fully saturated rings. The Morgan fingerprint density at radius 2 is 2.04 bits per heavy atom. The van der Waals surface area contributed by atoms with E-state index in [0.29, 0.717) is 13.1 Å². The van der Waals surface area contributed by atoms with Gasteiger partial charge in [-0.05, 0) is 37.7 Å². The maximum Gasteiger partial charge on any atom is 0.132 e. The van der Waals surface area contributed by atoms with Gasteiger partial charge in [0.1, 0.15) is 17.5 Å². The molecule has 0 aliphatic carbocycles. The maximum absolute atomic E-state index is 13.3. The molecule has 0 radical (unpaired) electrons. The number of hydrogen-bond acceptors (Lipinski definition) is 4.